The van der Waals surface area contributed by atoms with Gasteiger partial charge < -0.3 is 10.6 Å². The fraction of sp³-hybridized carbons (Fsp3) is 0.400. The molecule has 0 atom stereocenters. The fourth-order valence-corrected chi connectivity index (χ4v) is 2.01. The molecule has 0 radical (unpaired) electrons. The molecule has 0 aromatic carbocycles. The lowest BCUT2D eigenvalue weighted by molar-refractivity contribution is 0.0803. The van der Waals surface area contributed by atoms with Crippen LogP contribution in [0.4, 0.5) is 5.69 Å². The van der Waals surface area contributed by atoms with Crippen LogP contribution in [0.1, 0.15) is 10.4 Å². The number of amides is 1. The predicted molar refractivity (Wildman–Crippen MR) is 70.3 cm³/mol. The van der Waals surface area contributed by atoms with Gasteiger partial charge in [-0.2, -0.15) is 0 Å². The molecule has 100 valence electrons. The van der Waals surface area contributed by atoms with Crippen LogP contribution in [0.25, 0.3) is 0 Å². The Kier molecular flexibility index (Phi) is 4.53. The van der Waals surface area contributed by atoms with Crippen LogP contribution in [-0.2, 0) is 9.84 Å². The van der Waals surface area contributed by atoms with Gasteiger partial charge in [-0.15, -0.1) is 0 Å². The maximum atomic E-state index is 12.0. The van der Waals surface area contributed by atoms with Gasteiger partial charge in [-0.25, -0.2) is 13.4 Å². The third-order valence-electron chi connectivity index (χ3n) is 2.23. The van der Waals surface area contributed by atoms with Crippen LogP contribution in [0.3, 0.4) is 0 Å². The minimum atomic E-state index is -3.12. The van der Waals surface area contributed by atoms with Crippen molar-refractivity contribution in [1.29, 1.82) is 0 Å². The number of nitrogen functional groups attached to an aromatic ring is 1. The number of nitrogens with zero attached hydrogens (tertiary/aromatic N) is 2. The van der Waals surface area contributed by atoms with Gasteiger partial charge >= 0.3 is 0 Å². The summed E-state index contributed by atoms with van der Waals surface area (Å²) in [6.07, 6.45) is 2.45. The second kappa shape index (κ2) is 5.53. The summed E-state index contributed by atoms with van der Waals surface area (Å²) < 4.78 is 22.0. The summed E-state index contributed by atoms with van der Waals surface area (Å²) in [6.45, 7) is 0.0861. The fourth-order valence-electron chi connectivity index (χ4n) is 1.22. The van der Waals surface area contributed by atoms with Crippen LogP contribution in [-0.4, -0.2) is 49.8 Å². The van der Waals surface area contributed by atoms with Gasteiger partial charge in [0, 0.05) is 19.8 Å². The first-order valence-electron chi connectivity index (χ1n) is 5.05. The lowest BCUT2D eigenvalue weighted by Crippen LogP contribution is -2.31. The summed E-state index contributed by atoms with van der Waals surface area (Å²) in [5, 5.41) is 0.0420. The molecule has 1 rings (SSSR count). The minimum absolute atomic E-state index is 0.0420. The molecular weight excluding hydrogens is 278 g/mol. The number of halogens is 1. The average molecular weight is 292 g/mol. The van der Waals surface area contributed by atoms with Crippen LogP contribution in [0.2, 0.25) is 5.15 Å². The van der Waals surface area contributed by atoms with Crippen molar-refractivity contribution in [3.63, 3.8) is 0 Å². The number of pyridine rings is 1. The number of sulfone groups is 1. The Morgan fingerprint density at radius 3 is 2.72 bits per heavy atom. The van der Waals surface area contributed by atoms with Gasteiger partial charge in [-0.1, -0.05) is 11.6 Å². The highest BCUT2D eigenvalue weighted by atomic mass is 35.5. The summed E-state index contributed by atoms with van der Waals surface area (Å²) in [5.41, 5.74) is 6.00. The molecule has 1 aromatic rings. The van der Waals surface area contributed by atoms with E-state index in [0.29, 0.717) is 5.69 Å². The molecule has 0 aliphatic carbocycles. The van der Waals surface area contributed by atoms with Crippen LogP contribution in [0, 0.1) is 0 Å². The normalized spacial score (nSPS) is 11.3. The molecule has 0 aliphatic heterocycles. The molecule has 18 heavy (non-hydrogen) atoms. The molecule has 0 fully saturated rings. The van der Waals surface area contributed by atoms with Gasteiger partial charge in [-0.05, 0) is 6.07 Å². The third kappa shape index (κ3) is 4.15. The highest BCUT2D eigenvalue weighted by molar-refractivity contribution is 7.90. The van der Waals surface area contributed by atoms with E-state index in [0.717, 1.165) is 6.26 Å². The van der Waals surface area contributed by atoms with Gasteiger partial charge in [0.05, 0.1) is 23.2 Å². The van der Waals surface area contributed by atoms with Crippen molar-refractivity contribution >= 4 is 33.0 Å². The van der Waals surface area contributed by atoms with Crippen molar-refractivity contribution in [3.05, 3.63) is 23.0 Å². The van der Waals surface area contributed by atoms with E-state index < -0.39 is 15.7 Å². The smallest absolute Gasteiger partial charge is 0.256 e. The Hall–Kier alpha value is -1.34. The largest absolute Gasteiger partial charge is 0.397 e. The van der Waals surface area contributed by atoms with Crippen molar-refractivity contribution in [2.45, 2.75) is 0 Å². The quantitative estimate of drug-likeness (QED) is 0.812. The van der Waals surface area contributed by atoms with Crippen LogP contribution in [0.5, 0.6) is 0 Å². The molecule has 0 bridgehead atoms. The number of hydrogen-bond donors (Lipinski definition) is 1. The maximum Gasteiger partial charge on any atom is 0.256 e. The van der Waals surface area contributed by atoms with Crippen molar-refractivity contribution in [2.24, 2.45) is 0 Å². The van der Waals surface area contributed by atoms with E-state index >= 15 is 0 Å². The van der Waals surface area contributed by atoms with Gasteiger partial charge in [-0.3, -0.25) is 4.79 Å². The Morgan fingerprint density at radius 2 is 2.17 bits per heavy atom. The topological polar surface area (TPSA) is 93.4 Å². The molecule has 6 nitrogen and oxygen atoms in total. The molecule has 1 aromatic heterocycles. The Bertz CT molecular complexity index is 559. The van der Waals surface area contributed by atoms with E-state index in [1.54, 1.807) is 0 Å². The highest BCUT2D eigenvalue weighted by Crippen LogP contribution is 2.17. The molecule has 2 N–H and O–H groups in total. The minimum Gasteiger partial charge on any atom is -0.397 e. The van der Waals surface area contributed by atoms with Gasteiger partial charge in [0.2, 0.25) is 0 Å². The van der Waals surface area contributed by atoms with Crippen molar-refractivity contribution in [2.75, 3.05) is 31.3 Å². The van der Waals surface area contributed by atoms with Crippen molar-refractivity contribution < 1.29 is 13.2 Å². The molecule has 0 saturated carbocycles. The summed E-state index contributed by atoms with van der Waals surface area (Å²) in [6, 6.07) is 1.41. The molecule has 1 heterocycles. The monoisotopic (exact) mass is 291 g/mol. The zero-order chi connectivity index (χ0) is 13.9. The molecular formula is C10H14ClN3O3S. The number of carbonyl (C=O) groups excluding carboxylic acids is 1. The first kappa shape index (κ1) is 14.7. The van der Waals surface area contributed by atoms with E-state index in [-0.39, 0.29) is 23.0 Å². The van der Waals surface area contributed by atoms with Crippen molar-refractivity contribution in [1.82, 2.24) is 9.88 Å². The zero-order valence-corrected chi connectivity index (χ0v) is 11.6. The number of nitrogens with two attached hydrogens (primary N) is 1. The van der Waals surface area contributed by atoms with E-state index in [1.807, 2.05) is 0 Å². The van der Waals surface area contributed by atoms with E-state index in [2.05, 4.69) is 4.98 Å². The summed E-state index contributed by atoms with van der Waals surface area (Å²) in [4.78, 5) is 17.0. The molecule has 0 unspecified atom stereocenters. The lowest BCUT2D eigenvalue weighted by Gasteiger charge is -2.17. The zero-order valence-electron chi connectivity index (χ0n) is 10.1. The Labute approximate surface area is 111 Å². The van der Waals surface area contributed by atoms with Crippen LogP contribution >= 0.6 is 11.6 Å². The second-order valence-electron chi connectivity index (χ2n) is 3.96. The SMILES string of the molecule is CN(CCS(C)(=O)=O)C(=O)c1cc(N)cnc1Cl. The molecule has 0 aliphatic rings. The van der Waals surface area contributed by atoms with Gasteiger partial charge in [0.1, 0.15) is 15.0 Å². The number of aromatic nitrogens is 1. The van der Waals surface area contributed by atoms with Gasteiger partial charge in [0.25, 0.3) is 5.91 Å². The summed E-state index contributed by atoms with van der Waals surface area (Å²) in [7, 11) is -1.63. The molecule has 0 spiro atoms. The van der Waals surface area contributed by atoms with E-state index in [9.17, 15) is 13.2 Å². The first-order chi connectivity index (χ1) is 8.20. The summed E-state index contributed by atoms with van der Waals surface area (Å²) in [5.74, 6) is -0.522. The number of anilines is 1. The van der Waals surface area contributed by atoms with Crippen molar-refractivity contribution in [3.8, 4) is 0 Å². The maximum absolute atomic E-state index is 12.0. The first-order valence-corrected chi connectivity index (χ1v) is 7.49. The number of hydrogen-bond acceptors (Lipinski definition) is 5. The van der Waals surface area contributed by atoms with E-state index in [1.165, 1.54) is 24.2 Å². The third-order valence-corrected chi connectivity index (χ3v) is 3.46. The molecule has 0 saturated heterocycles. The van der Waals surface area contributed by atoms with Crippen LogP contribution in [0.15, 0.2) is 12.3 Å². The number of rotatable bonds is 4. The molecule has 1 amide bonds. The average Bonchev–Trinajstić information content (AvgIpc) is 2.27. The summed E-state index contributed by atoms with van der Waals surface area (Å²) >= 11 is 5.79. The number of carbonyl (C=O) groups is 1. The Morgan fingerprint density at radius 1 is 1.56 bits per heavy atom. The van der Waals surface area contributed by atoms with E-state index in [4.69, 9.17) is 17.3 Å². The molecule has 8 heteroatoms. The predicted octanol–water partition coefficient (Wildman–Crippen LogP) is 0.434. The highest BCUT2D eigenvalue weighted by Gasteiger charge is 2.17. The Balaban J connectivity index is 2.83. The van der Waals surface area contributed by atoms with Gasteiger partial charge in [0.15, 0.2) is 0 Å². The lowest BCUT2D eigenvalue weighted by atomic mass is 10.2. The van der Waals surface area contributed by atoms with Crippen LogP contribution < -0.4 is 5.73 Å². The second-order valence-corrected chi connectivity index (χ2v) is 6.58. The standard InChI is InChI=1S/C10H14ClN3O3S/c1-14(3-4-18(2,16)17)10(15)8-5-7(12)6-13-9(8)11/h5-6H,3-4,12H2,1-2H3.